The summed E-state index contributed by atoms with van der Waals surface area (Å²) in [5.41, 5.74) is 3.64. The molecule has 9 heteroatoms. The van der Waals surface area contributed by atoms with Crippen molar-refractivity contribution < 1.29 is 23.9 Å². The molecule has 0 aliphatic carbocycles. The SMILES string of the molecule is CCc1ccc(NC(=O)CN2C(=O)S/C(=C\c3ccc(OCc4ccccc4C#N)c(OC)c3)C2=O)cc1. The fourth-order valence-corrected chi connectivity index (χ4v) is 4.60. The average molecular weight is 528 g/mol. The van der Waals surface area contributed by atoms with Gasteiger partial charge >= 0.3 is 0 Å². The van der Waals surface area contributed by atoms with E-state index < -0.39 is 17.1 Å². The van der Waals surface area contributed by atoms with Gasteiger partial charge < -0.3 is 14.8 Å². The first-order valence-electron chi connectivity index (χ1n) is 11.8. The molecule has 4 rings (SSSR count). The van der Waals surface area contributed by atoms with Crippen molar-refractivity contribution in [1.82, 2.24) is 4.90 Å². The zero-order valence-electron chi connectivity index (χ0n) is 20.9. The van der Waals surface area contributed by atoms with Crippen molar-refractivity contribution in [2.45, 2.75) is 20.0 Å². The van der Waals surface area contributed by atoms with Gasteiger partial charge in [0, 0.05) is 11.3 Å². The summed E-state index contributed by atoms with van der Waals surface area (Å²) in [6, 6.07) is 21.8. The highest BCUT2D eigenvalue weighted by Crippen LogP contribution is 2.35. The number of anilines is 1. The first-order valence-corrected chi connectivity index (χ1v) is 12.7. The highest BCUT2D eigenvalue weighted by Gasteiger charge is 2.36. The average Bonchev–Trinajstić information content (AvgIpc) is 3.19. The van der Waals surface area contributed by atoms with E-state index in [1.54, 1.807) is 48.5 Å². The van der Waals surface area contributed by atoms with Crippen LogP contribution in [0, 0.1) is 11.3 Å². The third kappa shape index (κ3) is 6.22. The van der Waals surface area contributed by atoms with Gasteiger partial charge in [-0.05, 0) is 65.7 Å². The van der Waals surface area contributed by atoms with Crippen molar-refractivity contribution in [2.24, 2.45) is 0 Å². The third-order valence-corrected chi connectivity index (χ3v) is 6.74. The van der Waals surface area contributed by atoms with Gasteiger partial charge in [0.05, 0.1) is 23.6 Å². The van der Waals surface area contributed by atoms with Crippen LogP contribution in [0.1, 0.15) is 29.2 Å². The van der Waals surface area contributed by atoms with Gasteiger partial charge in [0.25, 0.3) is 11.1 Å². The Hall–Kier alpha value is -4.55. The Bertz CT molecular complexity index is 1440. The number of carbonyl (C=O) groups excluding carboxylic acids is 3. The van der Waals surface area contributed by atoms with Gasteiger partial charge in [0.1, 0.15) is 13.2 Å². The van der Waals surface area contributed by atoms with E-state index >= 15 is 0 Å². The molecule has 1 heterocycles. The normalized spacial score (nSPS) is 13.9. The Kier molecular flexibility index (Phi) is 8.46. The van der Waals surface area contributed by atoms with Gasteiger partial charge in [0.15, 0.2) is 11.5 Å². The second-order valence-corrected chi connectivity index (χ2v) is 9.33. The smallest absolute Gasteiger partial charge is 0.294 e. The van der Waals surface area contributed by atoms with E-state index in [1.165, 1.54) is 7.11 Å². The number of nitriles is 1. The molecule has 1 aliphatic rings. The lowest BCUT2D eigenvalue weighted by atomic mass is 10.1. The number of methoxy groups -OCH3 is 1. The Morgan fingerprint density at radius 3 is 2.55 bits per heavy atom. The number of imide groups is 1. The number of rotatable bonds is 9. The van der Waals surface area contributed by atoms with Crippen LogP contribution in [0.3, 0.4) is 0 Å². The number of thioether (sulfide) groups is 1. The van der Waals surface area contributed by atoms with Gasteiger partial charge in [-0.2, -0.15) is 5.26 Å². The van der Waals surface area contributed by atoms with Gasteiger partial charge in [-0.1, -0.05) is 43.3 Å². The number of carbonyl (C=O) groups is 3. The highest BCUT2D eigenvalue weighted by molar-refractivity contribution is 8.18. The van der Waals surface area contributed by atoms with Gasteiger partial charge in [-0.3, -0.25) is 19.3 Å². The van der Waals surface area contributed by atoms with Gasteiger partial charge in [0.2, 0.25) is 5.91 Å². The Balaban J connectivity index is 1.42. The topological polar surface area (TPSA) is 109 Å². The van der Waals surface area contributed by atoms with Crippen LogP contribution in [0.15, 0.2) is 71.6 Å². The zero-order valence-corrected chi connectivity index (χ0v) is 21.7. The number of ether oxygens (including phenoxy) is 2. The first kappa shape index (κ1) is 26.5. The van der Waals surface area contributed by atoms with E-state index in [0.717, 1.165) is 34.2 Å². The number of nitrogens with one attached hydrogen (secondary N) is 1. The Morgan fingerprint density at radius 1 is 1.08 bits per heavy atom. The minimum absolute atomic E-state index is 0.184. The molecule has 1 N–H and O–H groups in total. The number of hydrogen-bond acceptors (Lipinski definition) is 7. The van der Waals surface area contributed by atoms with Crippen LogP contribution in [0.4, 0.5) is 10.5 Å². The third-order valence-electron chi connectivity index (χ3n) is 5.83. The standard InChI is InChI=1S/C29H25N3O5S/c1-3-19-8-11-23(12-9-19)31-27(33)17-32-28(34)26(38-29(32)35)15-20-10-13-24(25(14-20)36-2)37-18-22-7-5-4-6-21(22)16-30/h4-15H,3,17-18H2,1-2H3,(H,31,33)/b26-15-. The molecule has 0 bridgehead atoms. The van der Waals surface area contributed by atoms with E-state index in [1.807, 2.05) is 31.2 Å². The number of aryl methyl sites for hydroxylation is 1. The van der Waals surface area contributed by atoms with Crippen LogP contribution >= 0.6 is 11.8 Å². The highest BCUT2D eigenvalue weighted by atomic mass is 32.2. The molecule has 0 saturated carbocycles. The van der Waals surface area contributed by atoms with Crippen LogP contribution in [-0.2, 0) is 22.6 Å². The van der Waals surface area contributed by atoms with Crippen molar-refractivity contribution in [2.75, 3.05) is 19.0 Å². The quantitative estimate of drug-likeness (QED) is 0.372. The summed E-state index contributed by atoms with van der Waals surface area (Å²) < 4.78 is 11.3. The molecule has 0 atom stereocenters. The lowest BCUT2D eigenvalue weighted by molar-refractivity contribution is -0.127. The maximum Gasteiger partial charge on any atom is 0.294 e. The molecule has 0 radical (unpaired) electrons. The Labute approximate surface area is 224 Å². The largest absolute Gasteiger partial charge is 0.493 e. The van der Waals surface area contributed by atoms with Gasteiger partial charge in [-0.15, -0.1) is 0 Å². The molecule has 1 aliphatic heterocycles. The van der Waals surface area contributed by atoms with Crippen LogP contribution < -0.4 is 14.8 Å². The van der Waals surface area contributed by atoms with Crippen LogP contribution in [0.2, 0.25) is 0 Å². The van der Waals surface area contributed by atoms with Gasteiger partial charge in [-0.25, -0.2) is 0 Å². The fraction of sp³-hybridized carbons (Fsp3) is 0.172. The lowest BCUT2D eigenvalue weighted by Crippen LogP contribution is -2.36. The fourth-order valence-electron chi connectivity index (χ4n) is 3.76. The molecule has 38 heavy (non-hydrogen) atoms. The van der Waals surface area contributed by atoms with Crippen LogP contribution in [0.25, 0.3) is 6.08 Å². The number of benzene rings is 3. The van der Waals surface area contributed by atoms with Crippen molar-refractivity contribution in [3.63, 3.8) is 0 Å². The van der Waals surface area contributed by atoms with Crippen molar-refractivity contribution in [3.05, 3.63) is 93.9 Å². The summed E-state index contributed by atoms with van der Waals surface area (Å²) in [7, 11) is 1.50. The second kappa shape index (κ2) is 12.1. The van der Waals surface area contributed by atoms with Crippen LogP contribution in [0.5, 0.6) is 11.5 Å². The molecule has 192 valence electrons. The van der Waals surface area contributed by atoms with E-state index in [0.29, 0.717) is 28.3 Å². The minimum atomic E-state index is -0.538. The van der Waals surface area contributed by atoms with E-state index in [2.05, 4.69) is 11.4 Å². The van der Waals surface area contributed by atoms with E-state index in [-0.39, 0.29) is 18.1 Å². The molecular formula is C29H25N3O5S. The molecule has 0 spiro atoms. The minimum Gasteiger partial charge on any atom is -0.493 e. The Morgan fingerprint density at radius 2 is 1.84 bits per heavy atom. The maximum absolute atomic E-state index is 12.9. The van der Waals surface area contributed by atoms with Crippen molar-refractivity contribution in [1.29, 1.82) is 5.26 Å². The summed E-state index contributed by atoms with van der Waals surface area (Å²) in [6.07, 6.45) is 2.46. The maximum atomic E-state index is 12.9. The molecule has 0 aromatic heterocycles. The zero-order chi connectivity index (χ0) is 27.1. The van der Waals surface area contributed by atoms with Crippen molar-refractivity contribution >= 4 is 40.6 Å². The molecule has 3 aromatic carbocycles. The summed E-state index contributed by atoms with van der Waals surface area (Å²) in [4.78, 5) is 39.0. The molecule has 1 saturated heterocycles. The summed E-state index contributed by atoms with van der Waals surface area (Å²) >= 11 is 0.775. The van der Waals surface area contributed by atoms with E-state index in [9.17, 15) is 19.6 Å². The molecule has 8 nitrogen and oxygen atoms in total. The number of hydrogen-bond donors (Lipinski definition) is 1. The molecule has 3 amide bonds. The number of nitrogens with zero attached hydrogens (tertiary/aromatic N) is 2. The molecule has 3 aromatic rings. The monoisotopic (exact) mass is 527 g/mol. The first-order chi connectivity index (χ1) is 18.4. The summed E-state index contributed by atoms with van der Waals surface area (Å²) in [6.45, 7) is 1.85. The molecular weight excluding hydrogens is 502 g/mol. The lowest BCUT2D eigenvalue weighted by Gasteiger charge is -2.13. The molecule has 1 fully saturated rings. The summed E-state index contributed by atoms with van der Waals surface area (Å²) in [5.74, 6) is -0.0992. The predicted octanol–water partition coefficient (Wildman–Crippen LogP) is 5.38. The predicted molar refractivity (Wildman–Crippen MR) is 146 cm³/mol. The second-order valence-electron chi connectivity index (χ2n) is 8.33. The molecule has 0 unspecified atom stereocenters. The number of amides is 3. The van der Waals surface area contributed by atoms with Crippen molar-refractivity contribution in [3.8, 4) is 17.6 Å². The summed E-state index contributed by atoms with van der Waals surface area (Å²) in [5, 5.41) is 11.5. The van der Waals surface area contributed by atoms with E-state index in [4.69, 9.17) is 9.47 Å². The van der Waals surface area contributed by atoms with Crippen LogP contribution in [-0.4, -0.2) is 35.6 Å².